The molecule has 112 valence electrons. The van der Waals surface area contributed by atoms with E-state index in [0.29, 0.717) is 15.9 Å². The summed E-state index contributed by atoms with van der Waals surface area (Å²) in [5.74, 6) is 0.290. The number of hydrogen-bond donors (Lipinski definition) is 1. The first kappa shape index (κ1) is 16.3. The van der Waals surface area contributed by atoms with Gasteiger partial charge < -0.3 is 4.74 Å². The fourth-order valence-corrected chi connectivity index (χ4v) is 3.96. The molecule has 0 unspecified atom stereocenters. The maximum atomic E-state index is 12.6. The summed E-state index contributed by atoms with van der Waals surface area (Å²) in [5, 5.41) is 0. The minimum Gasteiger partial charge on any atom is -0.495 e. The van der Waals surface area contributed by atoms with Crippen molar-refractivity contribution >= 4 is 47.6 Å². The van der Waals surface area contributed by atoms with E-state index >= 15 is 0 Å². The zero-order chi connectivity index (χ0) is 15.6. The van der Waals surface area contributed by atoms with Crippen molar-refractivity contribution in [3.63, 3.8) is 0 Å². The van der Waals surface area contributed by atoms with Crippen molar-refractivity contribution in [2.24, 2.45) is 0 Å². The highest BCUT2D eigenvalue weighted by molar-refractivity contribution is 9.10. The lowest BCUT2D eigenvalue weighted by molar-refractivity contribution is 0.403. The third-order valence-electron chi connectivity index (χ3n) is 2.86. The number of nitrogens with one attached hydrogen (secondary N) is 1. The number of hydrogen-bond acceptors (Lipinski definition) is 3. The molecule has 0 heterocycles. The topological polar surface area (TPSA) is 55.4 Å². The van der Waals surface area contributed by atoms with Gasteiger partial charge in [0, 0.05) is 8.95 Å². The van der Waals surface area contributed by atoms with Gasteiger partial charge in [0.1, 0.15) is 10.6 Å². The largest absolute Gasteiger partial charge is 0.495 e. The van der Waals surface area contributed by atoms with E-state index in [9.17, 15) is 8.42 Å². The SMILES string of the molecule is COc1ccc(Br)cc1S(=O)(=O)Nc1cc(Br)ccc1C. The molecule has 0 bridgehead atoms. The molecule has 0 aliphatic rings. The van der Waals surface area contributed by atoms with Gasteiger partial charge in [0.25, 0.3) is 10.0 Å². The van der Waals surface area contributed by atoms with Crippen molar-refractivity contribution in [2.45, 2.75) is 11.8 Å². The van der Waals surface area contributed by atoms with E-state index in [0.717, 1.165) is 10.0 Å². The number of anilines is 1. The molecule has 7 heteroatoms. The van der Waals surface area contributed by atoms with Gasteiger partial charge in [0.15, 0.2) is 0 Å². The molecule has 21 heavy (non-hydrogen) atoms. The minimum absolute atomic E-state index is 0.0822. The van der Waals surface area contributed by atoms with E-state index in [1.807, 2.05) is 19.1 Å². The van der Waals surface area contributed by atoms with Crippen LogP contribution in [0.1, 0.15) is 5.56 Å². The average molecular weight is 435 g/mol. The lowest BCUT2D eigenvalue weighted by atomic mass is 10.2. The Morgan fingerprint density at radius 3 is 2.33 bits per heavy atom. The van der Waals surface area contributed by atoms with Gasteiger partial charge in [-0.05, 0) is 42.8 Å². The number of ether oxygens (including phenoxy) is 1. The van der Waals surface area contributed by atoms with E-state index < -0.39 is 10.0 Å². The standard InChI is InChI=1S/C14H13Br2NO3S/c1-9-3-4-10(15)7-12(9)17-21(18,19)14-8-11(16)5-6-13(14)20-2/h3-8,17H,1-2H3. The maximum Gasteiger partial charge on any atom is 0.265 e. The Morgan fingerprint density at radius 2 is 1.67 bits per heavy atom. The van der Waals surface area contributed by atoms with Gasteiger partial charge in [0.05, 0.1) is 12.8 Å². The number of aryl methyl sites for hydroxylation is 1. The molecule has 0 saturated carbocycles. The van der Waals surface area contributed by atoms with Gasteiger partial charge in [-0.15, -0.1) is 0 Å². The molecule has 0 aromatic heterocycles. The quantitative estimate of drug-likeness (QED) is 0.778. The second-order valence-corrected chi connectivity index (χ2v) is 7.84. The molecule has 0 radical (unpaired) electrons. The minimum atomic E-state index is -3.74. The smallest absolute Gasteiger partial charge is 0.265 e. The molecule has 0 atom stereocenters. The van der Waals surface area contributed by atoms with Gasteiger partial charge in [-0.25, -0.2) is 8.42 Å². The van der Waals surface area contributed by atoms with Crippen LogP contribution in [-0.4, -0.2) is 15.5 Å². The molecule has 1 N–H and O–H groups in total. The Hall–Kier alpha value is -1.05. The lowest BCUT2D eigenvalue weighted by Gasteiger charge is -2.13. The van der Waals surface area contributed by atoms with E-state index in [2.05, 4.69) is 36.6 Å². The highest BCUT2D eigenvalue weighted by Gasteiger charge is 2.20. The molecular weight excluding hydrogens is 422 g/mol. The maximum absolute atomic E-state index is 12.6. The normalized spacial score (nSPS) is 11.2. The summed E-state index contributed by atoms with van der Waals surface area (Å²) >= 11 is 6.61. The van der Waals surface area contributed by atoms with E-state index in [1.165, 1.54) is 13.2 Å². The molecule has 2 aromatic rings. The van der Waals surface area contributed by atoms with Crippen LogP contribution in [0.4, 0.5) is 5.69 Å². The lowest BCUT2D eigenvalue weighted by Crippen LogP contribution is -2.15. The third-order valence-corrected chi connectivity index (χ3v) is 5.23. The summed E-state index contributed by atoms with van der Waals surface area (Å²) in [6.07, 6.45) is 0. The fourth-order valence-electron chi connectivity index (χ4n) is 1.76. The number of sulfonamides is 1. The average Bonchev–Trinajstić information content (AvgIpc) is 2.42. The molecule has 0 aliphatic carbocycles. The number of benzene rings is 2. The van der Waals surface area contributed by atoms with E-state index in [-0.39, 0.29) is 4.90 Å². The number of methoxy groups -OCH3 is 1. The Bertz CT molecular complexity index is 776. The second-order valence-electron chi connectivity index (χ2n) is 4.36. The number of rotatable bonds is 4. The molecule has 0 amide bonds. The van der Waals surface area contributed by atoms with Crippen LogP contribution in [0, 0.1) is 6.92 Å². The van der Waals surface area contributed by atoms with E-state index in [4.69, 9.17) is 4.74 Å². The fraction of sp³-hybridized carbons (Fsp3) is 0.143. The van der Waals surface area contributed by atoms with Crippen molar-refractivity contribution in [1.82, 2.24) is 0 Å². The summed E-state index contributed by atoms with van der Waals surface area (Å²) in [6, 6.07) is 10.2. The first-order valence-electron chi connectivity index (χ1n) is 5.96. The zero-order valence-corrected chi connectivity index (χ0v) is 15.3. The summed E-state index contributed by atoms with van der Waals surface area (Å²) in [6.45, 7) is 1.84. The molecule has 0 saturated heterocycles. The van der Waals surface area contributed by atoms with Crippen LogP contribution in [0.15, 0.2) is 50.2 Å². The van der Waals surface area contributed by atoms with Crippen LogP contribution in [0.25, 0.3) is 0 Å². The van der Waals surface area contributed by atoms with Gasteiger partial charge in [-0.2, -0.15) is 0 Å². The van der Waals surface area contributed by atoms with Gasteiger partial charge >= 0.3 is 0 Å². The molecular formula is C14H13Br2NO3S. The van der Waals surface area contributed by atoms with Crippen molar-refractivity contribution in [3.05, 3.63) is 50.9 Å². The van der Waals surface area contributed by atoms with Crippen LogP contribution < -0.4 is 9.46 Å². The molecule has 0 fully saturated rings. The zero-order valence-electron chi connectivity index (χ0n) is 11.4. The number of halogens is 2. The molecule has 0 aliphatic heterocycles. The Kier molecular flexibility index (Phi) is 4.95. The predicted molar refractivity (Wildman–Crippen MR) is 90.4 cm³/mol. The highest BCUT2D eigenvalue weighted by Crippen LogP contribution is 2.30. The molecule has 2 aromatic carbocycles. The summed E-state index contributed by atoms with van der Waals surface area (Å²) in [7, 11) is -2.31. The third kappa shape index (κ3) is 3.78. The predicted octanol–water partition coefficient (Wildman–Crippen LogP) is 4.33. The van der Waals surface area contributed by atoms with Crippen LogP contribution in [0.5, 0.6) is 5.75 Å². The first-order valence-corrected chi connectivity index (χ1v) is 9.03. The molecule has 0 spiro atoms. The Balaban J connectivity index is 2.48. The summed E-state index contributed by atoms with van der Waals surface area (Å²) < 4.78 is 34.3. The van der Waals surface area contributed by atoms with Crippen molar-refractivity contribution < 1.29 is 13.2 Å². The van der Waals surface area contributed by atoms with Crippen LogP contribution in [0.3, 0.4) is 0 Å². The van der Waals surface area contributed by atoms with Crippen LogP contribution in [-0.2, 0) is 10.0 Å². The summed E-state index contributed by atoms with van der Waals surface area (Å²) in [4.78, 5) is 0.0822. The van der Waals surface area contributed by atoms with Gasteiger partial charge in [-0.3, -0.25) is 4.72 Å². The van der Waals surface area contributed by atoms with E-state index in [1.54, 1.807) is 18.2 Å². The van der Waals surface area contributed by atoms with Crippen LogP contribution >= 0.6 is 31.9 Å². The molecule has 2 rings (SSSR count). The summed E-state index contributed by atoms with van der Waals surface area (Å²) in [5.41, 5.74) is 1.35. The van der Waals surface area contributed by atoms with Gasteiger partial charge in [-0.1, -0.05) is 37.9 Å². The monoisotopic (exact) mass is 433 g/mol. The highest BCUT2D eigenvalue weighted by atomic mass is 79.9. The first-order chi connectivity index (χ1) is 9.83. The van der Waals surface area contributed by atoms with Crippen molar-refractivity contribution in [3.8, 4) is 5.75 Å². The van der Waals surface area contributed by atoms with Crippen molar-refractivity contribution in [1.29, 1.82) is 0 Å². The van der Waals surface area contributed by atoms with Gasteiger partial charge in [0.2, 0.25) is 0 Å². The van der Waals surface area contributed by atoms with Crippen LogP contribution in [0.2, 0.25) is 0 Å². The second kappa shape index (κ2) is 6.37. The van der Waals surface area contributed by atoms with Crippen molar-refractivity contribution in [2.75, 3.05) is 11.8 Å². The molecule has 4 nitrogen and oxygen atoms in total. The Labute approximate surface area is 140 Å². The Morgan fingerprint density at radius 1 is 1.05 bits per heavy atom.